The van der Waals surface area contributed by atoms with Gasteiger partial charge in [-0.15, -0.1) is 0 Å². The van der Waals surface area contributed by atoms with Gasteiger partial charge in [-0.3, -0.25) is 0 Å². The van der Waals surface area contributed by atoms with E-state index in [0.717, 1.165) is 28.8 Å². The Morgan fingerprint density at radius 1 is 1.15 bits per heavy atom. The van der Waals surface area contributed by atoms with Crippen LogP contribution in [0.25, 0.3) is 0 Å². The lowest BCUT2D eigenvalue weighted by atomic mass is 10.2. The van der Waals surface area contributed by atoms with Gasteiger partial charge in [-0.1, -0.05) is 42.8 Å². The lowest BCUT2D eigenvalue weighted by Crippen LogP contribution is -2.41. The summed E-state index contributed by atoms with van der Waals surface area (Å²) in [6.45, 7) is 14.9. The zero-order valence-electron chi connectivity index (χ0n) is 13.5. The zero-order chi connectivity index (χ0) is 15.4. The Hall–Kier alpha value is -0.323. The molecule has 0 amide bonds. The van der Waals surface area contributed by atoms with Crippen molar-refractivity contribution in [1.82, 2.24) is 0 Å². The fourth-order valence-electron chi connectivity index (χ4n) is 1.53. The number of benzene rings is 1. The average molecular weight is 359 g/mol. The van der Waals surface area contributed by atoms with Crippen molar-refractivity contribution in [1.29, 1.82) is 0 Å². The molecule has 1 aromatic carbocycles. The van der Waals surface area contributed by atoms with Crippen molar-refractivity contribution in [2.45, 2.75) is 52.2 Å². The van der Waals surface area contributed by atoms with E-state index in [2.05, 4.69) is 56.7 Å². The maximum atomic E-state index is 6.14. The smallest absolute Gasteiger partial charge is 0.191 e. The first-order chi connectivity index (χ1) is 9.15. The van der Waals surface area contributed by atoms with Crippen LogP contribution in [0.15, 0.2) is 22.7 Å². The third-order valence-electron chi connectivity index (χ3n) is 4.03. The maximum absolute atomic E-state index is 6.14. The first kappa shape index (κ1) is 17.7. The summed E-state index contributed by atoms with van der Waals surface area (Å²) >= 11 is 3.52. The van der Waals surface area contributed by atoms with Crippen molar-refractivity contribution in [2.75, 3.05) is 13.2 Å². The molecule has 0 aliphatic carbocycles. The Bertz CT molecular complexity index is 439. The fourth-order valence-corrected chi connectivity index (χ4v) is 2.96. The predicted molar refractivity (Wildman–Crippen MR) is 92.1 cm³/mol. The minimum Gasteiger partial charge on any atom is -0.493 e. The molecule has 0 heterocycles. The van der Waals surface area contributed by atoms with Gasteiger partial charge in [-0.25, -0.2) is 0 Å². The van der Waals surface area contributed by atoms with Gasteiger partial charge in [0.2, 0.25) is 0 Å². The fraction of sp³-hybridized carbons (Fsp3) is 0.625. The second kappa shape index (κ2) is 7.10. The molecule has 20 heavy (non-hydrogen) atoms. The summed E-state index contributed by atoms with van der Waals surface area (Å²) in [7, 11) is -1.62. The van der Waals surface area contributed by atoms with Gasteiger partial charge in [0.25, 0.3) is 0 Å². The van der Waals surface area contributed by atoms with Crippen molar-refractivity contribution >= 4 is 24.2 Å². The van der Waals surface area contributed by atoms with E-state index in [1.165, 1.54) is 0 Å². The highest BCUT2D eigenvalue weighted by Gasteiger charge is 2.36. The zero-order valence-corrected chi connectivity index (χ0v) is 16.1. The van der Waals surface area contributed by atoms with Gasteiger partial charge < -0.3 is 9.16 Å². The van der Waals surface area contributed by atoms with Crippen LogP contribution in [-0.2, 0) is 4.43 Å². The van der Waals surface area contributed by atoms with Crippen LogP contribution in [0.5, 0.6) is 5.75 Å². The van der Waals surface area contributed by atoms with E-state index >= 15 is 0 Å². The molecular weight excluding hydrogens is 332 g/mol. The van der Waals surface area contributed by atoms with Crippen molar-refractivity contribution in [3.63, 3.8) is 0 Å². The van der Waals surface area contributed by atoms with Crippen LogP contribution in [0.2, 0.25) is 18.1 Å². The monoisotopic (exact) mass is 358 g/mol. The van der Waals surface area contributed by atoms with E-state index in [0.29, 0.717) is 6.61 Å². The molecule has 0 aliphatic rings. The van der Waals surface area contributed by atoms with Gasteiger partial charge in [-0.2, -0.15) is 0 Å². The molecule has 1 aromatic rings. The molecule has 0 aromatic heterocycles. The topological polar surface area (TPSA) is 18.5 Å². The maximum Gasteiger partial charge on any atom is 0.191 e. The van der Waals surface area contributed by atoms with Gasteiger partial charge in [0.1, 0.15) is 5.75 Å². The molecule has 114 valence electrons. The van der Waals surface area contributed by atoms with Gasteiger partial charge in [0, 0.05) is 23.1 Å². The molecule has 0 aliphatic heterocycles. The summed E-state index contributed by atoms with van der Waals surface area (Å²) in [5.74, 6) is 0.951. The van der Waals surface area contributed by atoms with E-state index in [-0.39, 0.29) is 5.04 Å². The summed E-state index contributed by atoms with van der Waals surface area (Å²) < 4.78 is 13.0. The lowest BCUT2D eigenvalue weighted by Gasteiger charge is -2.36. The van der Waals surface area contributed by atoms with Crippen molar-refractivity contribution < 1.29 is 9.16 Å². The van der Waals surface area contributed by atoms with Gasteiger partial charge in [-0.05, 0) is 37.2 Å². The number of rotatable bonds is 6. The third kappa shape index (κ3) is 4.90. The van der Waals surface area contributed by atoms with E-state index < -0.39 is 8.32 Å². The Balaban J connectivity index is 2.35. The average Bonchev–Trinajstić information content (AvgIpc) is 2.32. The second-order valence-corrected chi connectivity index (χ2v) is 12.3. The van der Waals surface area contributed by atoms with Gasteiger partial charge >= 0.3 is 0 Å². The van der Waals surface area contributed by atoms with Crippen LogP contribution in [0.3, 0.4) is 0 Å². The number of halogens is 1. The predicted octanol–water partition coefficient (Wildman–Crippen LogP) is 5.55. The summed E-state index contributed by atoms with van der Waals surface area (Å²) in [6, 6.07) is 6.04. The lowest BCUT2D eigenvalue weighted by molar-refractivity contribution is 0.233. The van der Waals surface area contributed by atoms with Crippen LogP contribution in [-0.4, -0.2) is 21.5 Å². The van der Waals surface area contributed by atoms with Crippen LogP contribution in [0.1, 0.15) is 32.8 Å². The van der Waals surface area contributed by atoms with Crippen LogP contribution < -0.4 is 4.74 Å². The molecule has 1 rings (SSSR count). The molecule has 0 atom stereocenters. The van der Waals surface area contributed by atoms with Crippen LogP contribution in [0.4, 0.5) is 0 Å². The summed E-state index contributed by atoms with van der Waals surface area (Å²) in [6.07, 6.45) is 0.929. The first-order valence-corrected chi connectivity index (χ1v) is 10.9. The summed E-state index contributed by atoms with van der Waals surface area (Å²) in [5.41, 5.74) is 1.15. The Labute approximate surface area is 133 Å². The standard InChI is InChI=1S/C16H27BrO2Si/c1-13-14(17)9-7-10-15(13)18-11-8-12-19-20(5,6)16(2,3)4/h7,9-10H,8,11-12H2,1-6H3. The molecule has 0 bridgehead atoms. The van der Waals surface area contributed by atoms with Crippen molar-refractivity contribution in [3.05, 3.63) is 28.2 Å². The Morgan fingerprint density at radius 3 is 2.40 bits per heavy atom. The van der Waals surface area contributed by atoms with Crippen molar-refractivity contribution in [3.8, 4) is 5.75 Å². The minimum absolute atomic E-state index is 0.273. The van der Waals surface area contributed by atoms with E-state index in [1.807, 2.05) is 18.2 Å². The highest BCUT2D eigenvalue weighted by molar-refractivity contribution is 9.10. The van der Waals surface area contributed by atoms with E-state index in [4.69, 9.17) is 9.16 Å². The minimum atomic E-state index is -1.62. The highest BCUT2D eigenvalue weighted by atomic mass is 79.9. The molecule has 0 saturated heterocycles. The largest absolute Gasteiger partial charge is 0.493 e. The molecule has 2 nitrogen and oxygen atoms in total. The number of hydrogen-bond acceptors (Lipinski definition) is 2. The van der Waals surface area contributed by atoms with Crippen LogP contribution >= 0.6 is 15.9 Å². The molecule has 0 fully saturated rings. The molecule has 4 heteroatoms. The molecule has 0 spiro atoms. The van der Waals surface area contributed by atoms with Gasteiger partial charge in [0.05, 0.1) is 6.61 Å². The normalized spacial score (nSPS) is 12.6. The summed E-state index contributed by atoms with van der Waals surface area (Å²) in [5, 5.41) is 0.273. The van der Waals surface area contributed by atoms with Crippen molar-refractivity contribution in [2.24, 2.45) is 0 Å². The molecule has 0 unspecified atom stereocenters. The van der Waals surface area contributed by atoms with E-state index in [1.54, 1.807) is 0 Å². The Morgan fingerprint density at radius 2 is 1.80 bits per heavy atom. The number of hydrogen-bond donors (Lipinski definition) is 0. The molecular formula is C16H27BrO2Si. The van der Waals surface area contributed by atoms with Crippen LogP contribution in [0, 0.1) is 6.92 Å². The number of ether oxygens (including phenoxy) is 1. The highest BCUT2D eigenvalue weighted by Crippen LogP contribution is 2.36. The quantitative estimate of drug-likeness (QED) is 0.490. The molecule has 0 radical (unpaired) electrons. The van der Waals surface area contributed by atoms with Gasteiger partial charge in [0.15, 0.2) is 8.32 Å². The molecule has 0 N–H and O–H groups in total. The second-order valence-electron chi connectivity index (χ2n) is 6.67. The van der Waals surface area contributed by atoms with E-state index in [9.17, 15) is 0 Å². The summed E-state index contributed by atoms with van der Waals surface area (Å²) in [4.78, 5) is 0. The Kier molecular flexibility index (Phi) is 6.29. The first-order valence-electron chi connectivity index (χ1n) is 7.17. The third-order valence-corrected chi connectivity index (χ3v) is 9.43. The molecule has 0 saturated carbocycles. The SMILES string of the molecule is Cc1c(Br)cccc1OCCCO[Si](C)(C)C(C)(C)C.